The van der Waals surface area contributed by atoms with Crippen LogP contribution in [0.25, 0.3) is 324 Å². The lowest BCUT2D eigenvalue weighted by atomic mass is 9.87. The molecule has 0 saturated carbocycles. The zero-order valence-electron chi connectivity index (χ0n) is 40.0. The molecule has 0 unspecified atom stereocenters. The highest BCUT2D eigenvalue weighted by Crippen LogP contribution is 2.79. The molecule has 0 fully saturated rings. The predicted octanol–water partition coefficient (Wildman–Crippen LogP) is 16.6. The molecule has 8 heteroatoms. The van der Waals surface area contributed by atoms with E-state index in [0.717, 1.165) is 16.7 Å². The van der Waals surface area contributed by atoms with Crippen LogP contribution < -0.4 is 0 Å². The maximum atomic E-state index is 15.4. The Morgan fingerprint density at radius 3 is 0.551 bits per heavy atom. The first-order valence-electron chi connectivity index (χ1n) is 28.3. The Hall–Kier alpha value is -9.34. The molecule has 0 atom stereocenters. The van der Waals surface area contributed by atoms with Gasteiger partial charge in [-0.05, 0) is 0 Å². The number of esters is 2. The zero-order chi connectivity index (χ0) is 47.4. The smallest absolute Gasteiger partial charge is 0.326 e. The molecule has 342 valence electrons. The summed E-state index contributed by atoms with van der Waals surface area (Å²) in [4.78, 5) is 30.7. The molecule has 1 aliphatic heterocycles. The first kappa shape index (κ1) is 31.6. The molecule has 78 heavy (non-hydrogen) atoms. The fourth-order valence-electron chi connectivity index (χ4n) is 24.1. The molecule has 3 aromatic heterocycles. The van der Waals surface area contributed by atoms with E-state index in [0.29, 0.717) is 13.2 Å². The Balaban J connectivity index is 1.10. The summed E-state index contributed by atoms with van der Waals surface area (Å²) in [7, 11) is 0. The molecular formula is C70H16N2O6. The lowest BCUT2D eigenvalue weighted by Crippen LogP contribution is -2.20. The van der Waals surface area contributed by atoms with Crippen LogP contribution in [0.15, 0.2) is 0 Å². The Bertz CT molecular complexity index is 7570. The minimum atomic E-state index is -0.302. The van der Waals surface area contributed by atoms with Crippen molar-refractivity contribution in [3.05, 3.63) is 0 Å². The van der Waals surface area contributed by atoms with Crippen LogP contribution in [-0.4, -0.2) is 60.7 Å². The van der Waals surface area contributed by atoms with Crippen LogP contribution >= 0.6 is 0 Å². The van der Waals surface area contributed by atoms with Gasteiger partial charge in [0.2, 0.25) is 0 Å². The summed E-state index contributed by atoms with van der Waals surface area (Å²) < 4.78 is 29.5. The molecule has 0 aliphatic carbocycles. The third kappa shape index (κ3) is 1.99. The summed E-state index contributed by atoms with van der Waals surface area (Å²) in [5.41, 5.74) is 3.17. The van der Waals surface area contributed by atoms with Crippen molar-refractivity contribution in [3.63, 3.8) is 0 Å². The fourth-order valence-corrected chi connectivity index (χ4v) is 24.1. The highest BCUT2D eigenvalue weighted by Gasteiger charge is 2.51. The number of aromatic nitrogens is 2. The maximum absolute atomic E-state index is 15.4. The average Bonchev–Trinajstić information content (AvgIpc) is 1.59. The summed E-state index contributed by atoms with van der Waals surface area (Å²) in [6.07, 6.45) is 0. The van der Waals surface area contributed by atoms with Gasteiger partial charge in [-0.1, -0.05) is 0 Å². The van der Waals surface area contributed by atoms with E-state index in [-0.39, 0.29) is 51.5 Å². The molecule has 29 aromatic carbocycles. The molecule has 0 N–H and O–H groups in total. The highest BCUT2D eigenvalue weighted by molar-refractivity contribution is 6.84. The number of ether oxygens (including phenoxy) is 4. The van der Waals surface area contributed by atoms with Crippen molar-refractivity contribution in [2.75, 3.05) is 39.6 Å². The Morgan fingerprint density at radius 1 is 0.192 bits per heavy atom. The van der Waals surface area contributed by atoms with E-state index in [4.69, 9.17) is 18.9 Å². The monoisotopic (exact) mass is 980 g/mol. The van der Waals surface area contributed by atoms with Gasteiger partial charge in [0, 0.05) is 307 Å². The van der Waals surface area contributed by atoms with E-state index in [2.05, 4.69) is 9.13 Å². The number of cyclic esters (lactones) is 2. The molecule has 5 bridgehead atoms. The Labute approximate surface area is 423 Å². The molecule has 8 nitrogen and oxygen atoms in total. The van der Waals surface area contributed by atoms with Crippen molar-refractivity contribution in [2.24, 2.45) is 0 Å². The van der Waals surface area contributed by atoms with Gasteiger partial charge in [0.15, 0.2) is 0 Å². The summed E-state index contributed by atoms with van der Waals surface area (Å²) >= 11 is 0. The lowest BCUT2D eigenvalue weighted by Gasteiger charge is -2.17. The molecule has 0 amide bonds. The van der Waals surface area contributed by atoms with Crippen LogP contribution in [0, 0.1) is 0 Å². The number of hydrogen-bond donors (Lipinski definition) is 0. The quantitative estimate of drug-likeness (QED) is 0.111. The van der Waals surface area contributed by atoms with Gasteiger partial charge in [-0.3, -0.25) is 9.59 Å². The maximum Gasteiger partial charge on any atom is 0.326 e. The van der Waals surface area contributed by atoms with Crippen molar-refractivity contribution >= 4 is 336 Å². The molecule has 32 aromatic rings. The molecule has 4 heterocycles. The van der Waals surface area contributed by atoms with Crippen LogP contribution in [-0.2, 0) is 41.6 Å². The highest BCUT2D eigenvalue weighted by atomic mass is 16.6. The van der Waals surface area contributed by atoms with E-state index >= 15 is 9.59 Å². The minimum Gasteiger partial charge on any atom is -0.462 e. The van der Waals surface area contributed by atoms with E-state index < -0.39 is 0 Å². The van der Waals surface area contributed by atoms with Gasteiger partial charge in [-0.25, -0.2) is 0 Å². The Morgan fingerprint density at radius 2 is 0.346 bits per heavy atom. The van der Waals surface area contributed by atoms with E-state index in [9.17, 15) is 0 Å². The SMILES string of the molecule is O=C1Cn2c3c4c5c6c7c8c9c%10c%11c%12c%13c%10c%10c8c8c%14c%10c%10c%13c%13c%15c%12c%12c%16c%11c%11c9c7c7c9c%11c%16c%11c%16c%12c%15c%12c%15c%13c%10c%10c%14c(c4c86)c4c%10c%15c6c%12c%16c8c%11c9c(c75)c3c8c6n(c42)CC(=O)OCCOCCOCCO1. The molecule has 0 radical (unpaired) electrons. The average molecular weight is 981 g/mol. The van der Waals surface area contributed by atoms with Crippen molar-refractivity contribution < 1.29 is 28.5 Å². The summed E-state index contributed by atoms with van der Waals surface area (Å²) in [5.74, 6) is -0.604. The second kappa shape index (κ2) is 7.93. The molecule has 1 aliphatic rings. The number of carbonyl (C=O) groups is 2. The number of benzene rings is 18. The molecule has 0 saturated heterocycles. The second-order valence-electron chi connectivity index (χ2n) is 26.2. The van der Waals surface area contributed by atoms with E-state index in [1.54, 1.807) is 43.1 Å². The molecule has 33 rings (SSSR count). The van der Waals surface area contributed by atoms with Crippen molar-refractivity contribution in [2.45, 2.75) is 13.1 Å². The van der Waals surface area contributed by atoms with Gasteiger partial charge in [0.1, 0.15) is 32.0 Å². The van der Waals surface area contributed by atoms with E-state index in [1.807, 2.05) is 0 Å². The van der Waals surface area contributed by atoms with Gasteiger partial charge in [-0.15, -0.1) is 0 Å². The molecular weight excluding hydrogens is 965 g/mol. The Kier molecular flexibility index (Phi) is 3.22. The first-order chi connectivity index (χ1) is 38.8. The normalized spacial score (nSPS) is 18.8. The minimum absolute atomic E-state index is 0.0202. The third-order valence-electron chi connectivity index (χ3n) is 24.9. The third-order valence-corrected chi connectivity index (χ3v) is 24.9. The van der Waals surface area contributed by atoms with Crippen LogP contribution in [0.5, 0.6) is 0 Å². The molecule has 0 spiro atoms. The van der Waals surface area contributed by atoms with Crippen molar-refractivity contribution in [1.29, 1.82) is 0 Å². The standard InChI is InChI=1S/C70H16N2O6/c73-9-7-71-68-63-55-45-35-25-17-12-11-13-15-14(12)23-27(25)37-41-31(23)32-24(15)28-26-18(13)22-20-16(11)19-21(17)33(35)43-39-29(19)30(20)40-44-34(22)36(26)46-50-38(28)42(32)52-51(41)61(59(63)49(37)45)67-62(52)60(50)64-56(46)54(44)58-48(40)47(39)57(53(43)55)65(68)66(58)69(64)72(70(67)71)8-10(74)78-6-4-76-2-1-75-3-5-77-9/h1-8H2. The summed E-state index contributed by atoms with van der Waals surface area (Å²) in [5, 5.41) is 83.1. The van der Waals surface area contributed by atoms with Crippen molar-refractivity contribution in [3.8, 4) is 0 Å². The van der Waals surface area contributed by atoms with Crippen LogP contribution in [0.4, 0.5) is 0 Å². The topological polar surface area (TPSA) is 80.9 Å². The zero-order valence-corrected chi connectivity index (χ0v) is 40.0. The number of rotatable bonds is 0. The number of hydrogen-bond acceptors (Lipinski definition) is 6. The lowest BCUT2D eigenvalue weighted by molar-refractivity contribution is -0.147. The van der Waals surface area contributed by atoms with Crippen LogP contribution in [0.1, 0.15) is 0 Å². The summed E-state index contributed by atoms with van der Waals surface area (Å²) in [6, 6.07) is 0. The summed E-state index contributed by atoms with van der Waals surface area (Å²) in [6.45, 7) is 1.51. The van der Waals surface area contributed by atoms with Gasteiger partial charge < -0.3 is 28.1 Å². The van der Waals surface area contributed by atoms with Crippen LogP contribution in [0.2, 0.25) is 0 Å². The first-order valence-corrected chi connectivity index (χ1v) is 28.3. The van der Waals surface area contributed by atoms with Crippen LogP contribution in [0.3, 0.4) is 0 Å². The van der Waals surface area contributed by atoms with E-state index in [1.165, 1.54) is 264 Å². The van der Waals surface area contributed by atoms with Gasteiger partial charge in [0.25, 0.3) is 0 Å². The number of carbonyl (C=O) groups excluding carboxylic acids is 2. The van der Waals surface area contributed by atoms with Crippen molar-refractivity contribution in [1.82, 2.24) is 9.13 Å². The van der Waals surface area contributed by atoms with Gasteiger partial charge in [0.05, 0.1) is 37.5 Å². The van der Waals surface area contributed by atoms with Gasteiger partial charge >= 0.3 is 11.9 Å². The largest absolute Gasteiger partial charge is 0.462 e. The fraction of sp³-hybridized carbons (Fsp3) is 0.114. The van der Waals surface area contributed by atoms with Gasteiger partial charge in [-0.2, -0.15) is 0 Å². The number of nitrogens with zero attached hydrogens (tertiary/aromatic N) is 2. The second-order valence-corrected chi connectivity index (χ2v) is 26.2. The predicted molar refractivity (Wildman–Crippen MR) is 318 cm³/mol.